The van der Waals surface area contributed by atoms with E-state index in [-0.39, 0.29) is 18.0 Å². The predicted molar refractivity (Wildman–Crippen MR) is 112 cm³/mol. The van der Waals surface area contributed by atoms with Crippen molar-refractivity contribution in [3.8, 4) is 0 Å². The zero-order valence-electron chi connectivity index (χ0n) is 18.6. The average molecular weight is 391 g/mol. The number of esters is 1. The fourth-order valence-electron chi connectivity index (χ4n) is 8.88. The minimum Gasteiger partial charge on any atom is -0.469 e. The summed E-state index contributed by atoms with van der Waals surface area (Å²) < 4.78 is 5.24. The van der Waals surface area contributed by atoms with Crippen LogP contribution in [0.5, 0.6) is 0 Å². The van der Waals surface area contributed by atoms with Crippen LogP contribution in [0, 0.1) is 46.3 Å². The number of carbonyl (C=O) groups is 1. The molecule has 1 N–H and O–H groups in total. The minimum atomic E-state index is -0.0609. The monoisotopic (exact) mass is 390 g/mol. The van der Waals surface area contributed by atoms with Crippen LogP contribution in [0.25, 0.3) is 0 Å². The third-order valence-corrected chi connectivity index (χ3v) is 10.3. The van der Waals surface area contributed by atoms with Crippen molar-refractivity contribution >= 4 is 5.97 Å². The van der Waals surface area contributed by atoms with Gasteiger partial charge in [-0.25, -0.2) is 0 Å². The molecule has 0 saturated heterocycles. The van der Waals surface area contributed by atoms with Crippen LogP contribution < -0.4 is 0 Å². The predicted octanol–water partition coefficient (Wildman–Crippen LogP) is 5.60. The maximum atomic E-state index is 12.6. The summed E-state index contributed by atoms with van der Waals surface area (Å²) in [4.78, 5) is 12.6. The summed E-state index contributed by atoms with van der Waals surface area (Å²) in [6.07, 6.45) is 13.0. The normalized spacial score (nSPS) is 48.9. The smallest absolute Gasteiger partial charge is 0.308 e. The van der Waals surface area contributed by atoms with Gasteiger partial charge in [0.15, 0.2) is 0 Å². The van der Waals surface area contributed by atoms with Gasteiger partial charge in [-0.15, -0.1) is 0 Å². The van der Waals surface area contributed by atoms with Gasteiger partial charge >= 0.3 is 5.97 Å². The molecule has 4 saturated carbocycles. The number of hydrogen-bond donors (Lipinski definition) is 1. The van der Waals surface area contributed by atoms with E-state index in [1.54, 1.807) is 7.11 Å². The second kappa shape index (κ2) is 7.60. The van der Waals surface area contributed by atoms with Gasteiger partial charge in [-0.1, -0.05) is 27.2 Å². The van der Waals surface area contributed by atoms with Gasteiger partial charge in [-0.3, -0.25) is 4.79 Å². The highest BCUT2D eigenvalue weighted by Gasteiger charge is 2.61. The largest absolute Gasteiger partial charge is 0.469 e. The molecular formula is C25H42O3. The summed E-state index contributed by atoms with van der Waals surface area (Å²) in [7, 11) is 1.57. The zero-order chi connectivity index (χ0) is 20.1. The van der Waals surface area contributed by atoms with E-state index in [2.05, 4.69) is 20.8 Å². The molecule has 0 aliphatic heterocycles. The third kappa shape index (κ3) is 3.06. The summed E-state index contributed by atoms with van der Waals surface area (Å²) in [6, 6.07) is 0. The Hall–Kier alpha value is -0.570. The van der Waals surface area contributed by atoms with E-state index < -0.39 is 0 Å². The highest BCUT2D eigenvalue weighted by molar-refractivity contribution is 5.72. The Bertz CT molecular complexity index is 588. The molecule has 0 unspecified atom stereocenters. The highest BCUT2D eigenvalue weighted by atomic mass is 16.5. The maximum Gasteiger partial charge on any atom is 0.308 e. The van der Waals surface area contributed by atoms with E-state index in [1.165, 1.54) is 44.9 Å². The molecule has 0 aromatic heterocycles. The molecule has 4 rings (SSSR count). The molecule has 0 aromatic rings. The molecule has 28 heavy (non-hydrogen) atoms. The average Bonchev–Trinajstić information content (AvgIpc) is 3.03. The van der Waals surface area contributed by atoms with Crippen LogP contribution in [-0.2, 0) is 9.53 Å². The summed E-state index contributed by atoms with van der Waals surface area (Å²) in [5.74, 6) is 3.81. The fourth-order valence-corrected chi connectivity index (χ4v) is 8.88. The Morgan fingerprint density at radius 1 is 1.04 bits per heavy atom. The van der Waals surface area contributed by atoms with Crippen molar-refractivity contribution < 1.29 is 14.6 Å². The van der Waals surface area contributed by atoms with Crippen molar-refractivity contribution in [2.75, 3.05) is 7.11 Å². The summed E-state index contributed by atoms with van der Waals surface area (Å²) in [6.45, 7) is 7.28. The van der Waals surface area contributed by atoms with Crippen molar-refractivity contribution in [1.29, 1.82) is 0 Å². The van der Waals surface area contributed by atoms with Gasteiger partial charge in [0.05, 0.1) is 19.1 Å². The number of methoxy groups -OCH3 is 1. The Labute approximate surface area is 172 Å². The van der Waals surface area contributed by atoms with Crippen LogP contribution in [-0.4, -0.2) is 24.3 Å². The lowest BCUT2D eigenvalue weighted by Crippen LogP contribution is -2.54. The Kier molecular flexibility index (Phi) is 5.61. The van der Waals surface area contributed by atoms with E-state index in [1.807, 2.05) is 0 Å². The molecule has 0 heterocycles. The van der Waals surface area contributed by atoms with Crippen molar-refractivity contribution in [2.45, 2.75) is 97.5 Å². The quantitative estimate of drug-likeness (QED) is 0.636. The molecule has 0 radical (unpaired) electrons. The molecule has 0 bridgehead atoms. The molecule has 160 valence electrons. The summed E-state index contributed by atoms with van der Waals surface area (Å²) in [5, 5.41) is 10.2. The first-order valence-corrected chi connectivity index (χ1v) is 12.1. The Morgan fingerprint density at radius 3 is 2.46 bits per heavy atom. The fraction of sp³-hybridized carbons (Fsp3) is 0.960. The van der Waals surface area contributed by atoms with E-state index in [0.29, 0.717) is 16.7 Å². The molecule has 0 spiro atoms. The molecule has 4 fully saturated rings. The van der Waals surface area contributed by atoms with Crippen LogP contribution >= 0.6 is 0 Å². The molecule has 3 heteroatoms. The third-order valence-electron chi connectivity index (χ3n) is 10.3. The first kappa shape index (κ1) is 20.7. The second-order valence-electron chi connectivity index (χ2n) is 11.2. The lowest BCUT2D eigenvalue weighted by atomic mass is 9.44. The topological polar surface area (TPSA) is 46.5 Å². The molecule has 9 atom stereocenters. The molecule has 4 aliphatic rings. The molecule has 3 nitrogen and oxygen atoms in total. The first-order chi connectivity index (χ1) is 13.3. The van der Waals surface area contributed by atoms with E-state index in [9.17, 15) is 9.90 Å². The number of aliphatic hydroxyl groups is 1. The summed E-state index contributed by atoms with van der Waals surface area (Å²) >= 11 is 0. The van der Waals surface area contributed by atoms with Crippen LogP contribution in [0.1, 0.15) is 91.4 Å². The Morgan fingerprint density at radius 2 is 1.75 bits per heavy atom. The Balaban J connectivity index is 1.57. The number of fused-ring (bicyclic) bond motifs is 5. The number of aliphatic hydroxyl groups excluding tert-OH is 1. The molecule has 0 aromatic carbocycles. The number of hydrogen-bond acceptors (Lipinski definition) is 3. The zero-order valence-corrected chi connectivity index (χ0v) is 18.6. The number of ether oxygens (including phenoxy) is 1. The summed E-state index contributed by atoms with van der Waals surface area (Å²) in [5.41, 5.74) is 0.749. The maximum absolute atomic E-state index is 12.6. The van der Waals surface area contributed by atoms with Crippen molar-refractivity contribution in [1.82, 2.24) is 0 Å². The standard InChI is InChI=1S/C25H42O3/c1-5-6-19(23(27)28-4)21-10-9-20-18-8-7-16-15-17(26)11-13-24(16,2)22(18)12-14-25(20,21)3/h16-22,26H,5-15H2,1-4H3/t16-,17-,18-,19+,20-,21+,22-,24-,25-/m0/s1. The number of carbonyl (C=O) groups excluding carboxylic acids is 1. The molecule has 0 amide bonds. The SMILES string of the molecule is CCC[C@@H](C(=O)OC)[C@H]1CC[C@H]2[C@@H]3CC[C@H]4C[C@@H](O)CC[C@]4(C)[C@H]3CC[C@]12C. The lowest BCUT2D eigenvalue weighted by molar-refractivity contribution is -0.154. The molecule has 4 aliphatic carbocycles. The van der Waals surface area contributed by atoms with Crippen molar-refractivity contribution in [3.05, 3.63) is 0 Å². The van der Waals surface area contributed by atoms with Gasteiger partial charge < -0.3 is 9.84 Å². The highest BCUT2D eigenvalue weighted by Crippen LogP contribution is 2.68. The van der Waals surface area contributed by atoms with Crippen molar-refractivity contribution in [3.63, 3.8) is 0 Å². The van der Waals surface area contributed by atoms with Gasteiger partial charge in [0, 0.05) is 0 Å². The van der Waals surface area contributed by atoms with Crippen LogP contribution in [0.2, 0.25) is 0 Å². The minimum absolute atomic E-state index is 0.0350. The van der Waals surface area contributed by atoms with Gasteiger partial charge in [0.2, 0.25) is 0 Å². The van der Waals surface area contributed by atoms with Gasteiger partial charge in [0.25, 0.3) is 0 Å². The first-order valence-electron chi connectivity index (χ1n) is 12.1. The van der Waals surface area contributed by atoms with Gasteiger partial charge in [0.1, 0.15) is 0 Å². The van der Waals surface area contributed by atoms with E-state index in [4.69, 9.17) is 4.74 Å². The van der Waals surface area contributed by atoms with E-state index in [0.717, 1.165) is 49.4 Å². The van der Waals surface area contributed by atoms with Gasteiger partial charge in [-0.2, -0.15) is 0 Å². The molecular weight excluding hydrogens is 348 g/mol. The van der Waals surface area contributed by atoms with Crippen LogP contribution in [0.4, 0.5) is 0 Å². The lowest BCUT2D eigenvalue weighted by Gasteiger charge is -2.61. The number of rotatable bonds is 4. The van der Waals surface area contributed by atoms with Gasteiger partial charge in [-0.05, 0) is 105 Å². The van der Waals surface area contributed by atoms with Crippen LogP contribution in [0.15, 0.2) is 0 Å². The van der Waals surface area contributed by atoms with Crippen LogP contribution in [0.3, 0.4) is 0 Å². The second-order valence-corrected chi connectivity index (χ2v) is 11.2. The van der Waals surface area contributed by atoms with Crippen molar-refractivity contribution in [2.24, 2.45) is 46.3 Å². The van der Waals surface area contributed by atoms with E-state index >= 15 is 0 Å².